The molecule has 0 aromatic carbocycles. The molecule has 1 saturated heterocycles. The van der Waals surface area contributed by atoms with E-state index in [1.807, 2.05) is 0 Å². The molecule has 0 aromatic heterocycles. The standard InChI is InChI=1S/C9H15NO5S/c1-14-9-8(13)7(12)6(11)5(15-9)2-3-10-4-16/h5-9,11-13H,2-3H2,1H3/t5-,6+,7+,8-,9+/m1/s1. The van der Waals surface area contributed by atoms with Gasteiger partial charge >= 0.3 is 0 Å². The monoisotopic (exact) mass is 249 g/mol. The van der Waals surface area contributed by atoms with Gasteiger partial charge in [0.25, 0.3) is 0 Å². The number of isothiocyanates is 1. The molecule has 1 fully saturated rings. The van der Waals surface area contributed by atoms with Gasteiger partial charge in [0.05, 0.1) is 17.8 Å². The Morgan fingerprint density at radius 3 is 2.56 bits per heavy atom. The van der Waals surface area contributed by atoms with Crippen LogP contribution in [-0.4, -0.2) is 64.8 Å². The van der Waals surface area contributed by atoms with E-state index in [-0.39, 0.29) is 0 Å². The van der Waals surface area contributed by atoms with Crippen molar-refractivity contribution < 1.29 is 24.8 Å². The molecule has 0 saturated carbocycles. The first kappa shape index (κ1) is 13.7. The van der Waals surface area contributed by atoms with Gasteiger partial charge in [-0.2, -0.15) is 0 Å². The average molecular weight is 249 g/mol. The Hall–Kier alpha value is -0.400. The van der Waals surface area contributed by atoms with Crippen LogP contribution in [0, 0.1) is 0 Å². The topological polar surface area (TPSA) is 91.5 Å². The highest BCUT2D eigenvalue weighted by Gasteiger charge is 2.43. The van der Waals surface area contributed by atoms with E-state index in [0.717, 1.165) is 0 Å². The van der Waals surface area contributed by atoms with Gasteiger partial charge in [-0.3, -0.25) is 0 Å². The lowest BCUT2D eigenvalue weighted by Gasteiger charge is -2.39. The molecule has 92 valence electrons. The molecule has 1 rings (SSSR count). The number of nitrogens with zero attached hydrogens (tertiary/aromatic N) is 1. The van der Waals surface area contributed by atoms with Crippen molar-refractivity contribution in [2.75, 3.05) is 13.7 Å². The van der Waals surface area contributed by atoms with Crippen LogP contribution in [0.3, 0.4) is 0 Å². The lowest BCUT2D eigenvalue weighted by Crippen LogP contribution is -2.58. The highest BCUT2D eigenvalue weighted by molar-refractivity contribution is 7.78. The van der Waals surface area contributed by atoms with Gasteiger partial charge < -0.3 is 24.8 Å². The predicted molar refractivity (Wildman–Crippen MR) is 58.2 cm³/mol. The van der Waals surface area contributed by atoms with Gasteiger partial charge in [0.1, 0.15) is 18.3 Å². The van der Waals surface area contributed by atoms with Crippen molar-refractivity contribution >= 4 is 17.4 Å². The molecule has 0 unspecified atom stereocenters. The van der Waals surface area contributed by atoms with Crippen LogP contribution in [0.1, 0.15) is 6.42 Å². The first-order chi connectivity index (χ1) is 7.61. The molecule has 1 aliphatic rings. The quantitative estimate of drug-likeness (QED) is 0.434. The molecule has 16 heavy (non-hydrogen) atoms. The van der Waals surface area contributed by atoms with Gasteiger partial charge in [0.2, 0.25) is 0 Å². The number of ether oxygens (including phenoxy) is 2. The fourth-order valence-corrected chi connectivity index (χ4v) is 1.68. The Balaban J connectivity index is 2.59. The molecule has 6 nitrogen and oxygen atoms in total. The second-order valence-corrected chi connectivity index (χ2v) is 3.69. The number of aliphatic hydroxyl groups excluding tert-OH is 3. The minimum absolute atomic E-state index is 0.338. The fraction of sp³-hybridized carbons (Fsp3) is 0.889. The van der Waals surface area contributed by atoms with Crippen LogP contribution in [0.2, 0.25) is 0 Å². The average Bonchev–Trinajstić information content (AvgIpc) is 2.29. The Morgan fingerprint density at radius 2 is 2.00 bits per heavy atom. The van der Waals surface area contributed by atoms with Gasteiger partial charge in [-0.05, 0) is 18.6 Å². The lowest BCUT2D eigenvalue weighted by atomic mass is 9.97. The Bertz CT molecular complexity index is 269. The molecule has 1 aliphatic heterocycles. The fourth-order valence-electron chi connectivity index (χ4n) is 1.59. The van der Waals surface area contributed by atoms with Crippen molar-refractivity contribution in [1.29, 1.82) is 0 Å². The van der Waals surface area contributed by atoms with E-state index >= 15 is 0 Å². The van der Waals surface area contributed by atoms with Gasteiger partial charge in [0.15, 0.2) is 6.29 Å². The maximum Gasteiger partial charge on any atom is 0.186 e. The third kappa shape index (κ3) is 3.05. The Morgan fingerprint density at radius 1 is 1.31 bits per heavy atom. The van der Waals surface area contributed by atoms with Crippen LogP contribution in [0.4, 0.5) is 0 Å². The van der Waals surface area contributed by atoms with Crippen molar-refractivity contribution in [1.82, 2.24) is 0 Å². The summed E-state index contributed by atoms with van der Waals surface area (Å²) >= 11 is 4.40. The third-order valence-electron chi connectivity index (χ3n) is 2.49. The van der Waals surface area contributed by atoms with Crippen LogP contribution in [-0.2, 0) is 9.47 Å². The van der Waals surface area contributed by atoms with Crippen LogP contribution in [0.5, 0.6) is 0 Å². The molecule has 0 bridgehead atoms. The lowest BCUT2D eigenvalue weighted by molar-refractivity contribution is -0.290. The van der Waals surface area contributed by atoms with Crippen molar-refractivity contribution in [2.45, 2.75) is 37.1 Å². The van der Waals surface area contributed by atoms with Gasteiger partial charge in [-0.15, -0.1) is 0 Å². The highest BCUT2D eigenvalue weighted by atomic mass is 32.1. The Kier molecular flexibility index (Phi) is 5.43. The van der Waals surface area contributed by atoms with Crippen LogP contribution < -0.4 is 0 Å². The van der Waals surface area contributed by atoms with E-state index in [1.165, 1.54) is 7.11 Å². The van der Waals surface area contributed by atoms with E-state index in [2.05, 4.69) is 22.4 Å². The first-order valence-electron chi connectivity index (χ1n) is 4.88. The molecule has 0 aliphatic carbocycles. The number of aliphatic hydroxyl groups is 3. The maximum atomic E-state index is 9.64. The van der Waals surface area contributed by atoms with E-state index in [4.69, 9.17) is 9.47 Å². The summed E-state index contributed by atoms with van der Waals surface area (Å²) in [6.07, 6.45) is -4.93. The molecule has 5 atom stereocenters. The summed E-state index contributed by atoms with van der Waals surface area (Å²) in [5.74, 6) is 0. The number of aliphatic imine (C=N–C) groups is 1. The van der Waals surface area contributed by atoms with E-state index in [9.17, 15) is 15.3 Å². The van der Waals surface area contributed by atoms with E-state index < -0.39 is 30.7 Å². The number of hydrogen-bond acceptors (Lipinski definition) is 7. The van der Waals surface area contributed by atoms with Crippen molar-refractivity contribution in [3.8, 4) is 0 Å². The number of thiocarbonyl (C=S) groups is 1. The molecule has 7 heteroatoms. The first-order valence-corrected chi connectivity index (χ1v) is 5.28. The van der Waals surface area contributed by atoms with Crippen molar-refractivity contribution in [3.05, 3.63) is 0 Å². The van der Waals surface area contributed by atoms with Gasteiger partial charge in [0, 0.05) is 7.11 Å². The molecule has 0 spiro atoms. The predicted octanol–water partition coefficient (Wildman–Crippen LogP) is -1.07. The number of methoxy groups -OCH3 is 1. The SMILES string of the molecule is CO[C@H]1O[C@H](CCN=C=S)[C@H](O)[C@H](O)[C@H]1O. The zero-order valence-corrected chi connectivity index (χ0v) is 9.63. The summed E-state index contributed by atoms with van der Waals surface area (Å²) in [6.45, 7) is 0.338. The molecule has 1 heterocycles. The summed E-state index contributed by atoms with van der Waals surface area (Å²) in [6, 6.07) is 0. The van der Waals surface area contributed by atoms with Crippen LogP contribution >= 0.6 is 12.2 Å². The minimum Gasteiger partial charge on any atom is -0.388 e. The summed E-state index contributed by atoms with van der Waals surface area (Å²) in [4.78, 5) is 3.68. The maximum absolute atomic E-state index is 9.64. The van der Waals surface area contributed by atoms with Gasteiger partial charge in [-0.25, -0.2) is 4.99 Å². The van der Waals surface area contributed by atoms with E-state index in [0.29, 0.717) is 13.0 Å². The van der Waals surface area contributed by atoms with Crippen molar-refractivity contribution in [2.24, 2.45) is 4.99 Å². The molecule has 0 amide bonds. The molecular formula is C9H15NO5S. The summed E-state index contributed by atoms with van der Waals surface area (Å²) < 4.78 is 10.1. The van der Waals surface area contributed by atoms with Crippen LogP contribution in [0.15, 0.2) is 4.99 Å². The second kappa shape index (κ2) is 6.36. The summed E-state index contributed by atoms with van der Waals surface area (Å²) in [7, 11) is 1.35. The van der Waals surface area contributed by atoms with E-state index in [1.54, 1.807) is 0 Å². The summed E-state index contributed by atoms with van der Waals surface area (Å²) in [5, 5.41) is 30.9. The summed E-state index contributed by atoms with van der Waals surface area (Å²) in [5.41, 5.74) is 0. The molecule has 0 aromatic rings. The Labute approximate surface area is 98.5 Å². The van der Waals surface area contributed by atoms with Crippen LogP contribution in [0.25, 0.3) is 0 Å². The molecular weight excluding hydrogens is 234 g/mol. The molecule has 3 N–H and O–H groups in total. The zero-order valence-electron chi connectivity index (χ0n) is 8.81. The number of rotatable bonds is 4. The van der Waals surface area contributed by atoms with Gasteiger partial charge in [-0.1, -0.05) is 0 Å². The zero-order chi connectivity index (χ0) is 12.1. The highest BCUT2D eigenvalue weighted by Crippen LogP contribution is 2.23. The normalized spacial score (nSPS) is 39.1. The smallest absolute Gasteiger partial charge is 0.186 e. The molecule has 0 radical (unpaired) electrons. The third-order valence-corrected chi connectivity index (χ3v) is 2.62. The largest absolute Gasteiger partial charge is 0.388 e. The second-order valence-electron chi connectivity index (χ2n) is 3.51. The minimum atomic E-state index is -1.29. The van der Waals surface area contributed by atoms with Crippen molar-refractivity contribution in [3.63, 3.8) is 0 Å². The number of hydrogen-bond donors (Lipinski definition) is 3.